The van der Waals surface area contributed by atoms with Crippen molar-refractivity contribution in [3.8, 4) is 5.75 Å². The van der Waals surface area contributed by atoms with E-state index in [9.17, 15) is 8.78 Å². The van der Waals surface area contributed by atoms with Gasteiger partial charge in [-0.15, -0.1) is 0 Å². The number of halogens is 3. The van der Waals surface area contributed by atoms with Gasteiger partial charge >= 0.3 is 0 Å². The number of ether oxygens (including phenoxy) is 1. The summed E-state index contributed by atoms with van der Waals surface area (Å²) in [6, 6.07) is 0.770. The quantitative estimate of drug-likeness (QED) is 0.731. The SMILES string of the molecule is NC1CCOc2c(F)c(F)cc(Br)c21. The number of benzene rings is 1. The number of fused-ring (bicyclic) bond motifs is 1. The Labute approximate surface area is 88.2 Å². The molecule has 0 radical (unpaired) electrons. The summed E-state index contributed by atoms with van der Waals surface area (Å²) in [5.74, 6) is -1.95. The Morgan fingerprint density at radius 3 is 2.93 bits per heavy atom. The van der Waals surface area contributed by atoms with Gasteiger partial charge in [0.05, 0.1) is 6.61 Å². The highest BCUT2D eigenvalue weighted by Crippen LogP contribution is 2.39. The predicted molar refractivity (Wildman–Crippen MR) is 51.1 cm³/mol. The minimum absolute atomic E-state index is 0.0596. The Kier molecular flexibility index (Phi) is 2.45. The molecule has 0 amide bonds. The highest BCUT2D eigenvalue weighted by molar-refractivity contribution is 9.10. The number of hydrogen-bond donors (Lipinski definition) is 1. The minimum Gasteiger partial charge on any atom is -0.490 e. The summed E-state index contributed by atoms with van der Waals surface area (Å²) in [6.45, 7) is 0.320. The summed E-state index contributed by atoms with van der Waals surface area (Å²) in [7, 11) is 0. The maximum atomic E-state index is 13.3. The molecular formula is C9H8BrF2NO. The molecule has 2 nitrogen and oxygen atoms in total. The van der Waals surface area contributed by atoms with E-state index in [1.807, 2.05) is 0 Å². The summed E-state index contributed by atoms with van der Waals surface area (Å²) in [5, 5.41) is 0. The highest BCUT2D eigenvalue weighted by Gasteiger charge is 2.26. The molecule has 0 saturated heterocycles. The van der Waals surface area contributed by atoms with Gasteiger partial charge < -0.3 is 10.5 Å². The van der Waals surface area contributed by atoms with Crippen LogP contribution in [-0.4, -0.2) is 6.61 Å². The van der Waals surface area contributed by atoms with Gasteiger partial charge in [0, 0.05) is 22.5 Å². The van der Waals surface area contributed by atoms with Crippen molar-refractivity contribution in [1.29, 1.82) is 0 Å². The van der Waals surface area contributed by atoms with Crippen LogP contribution in [0.1, 0.15) is 18.0 Å². The van der Waals surface area contributed by atoms with Crippen LogP contribution in [0.2, 0.25) is 0 Å². The molecule has 1 unspecified atom stereocenters. The van der Waals surface area contributed by atoms with Crippen molar-refractivity contribution in [3.05, 3.63) is 27.7 Å². The molecule has 0 spiro atoms. The summed E-state index contributed by atoms with van der Waals surface area (Å²) < 4.78 is 31.7. The molecule has 0 fully saturated rings. The van der Waals surface area contributed by atoms with Crippen LogP contribution in [-0.2, 0) is 0 Å². The second-order valence-electron chi connectivity index (χ2n) is 3.14. The largest absolute Gasteiger partial charge is 0.490 e. The van der Waals surface area contributed by atoms with Crippen LogP contribution in [0, 0.1) is 11.6 Å². The molecule has 2 N–H and O–H groups in total. The van der Waals surface area contributed by atoms with Gasteiger partial charge in [-0.25, -0.2) is 4.39 Å². The maximum Gasteiger partial charge on any atom is 0.201 e. The van der Waals surface area contributed by atoms with E-state index in [2.05, 4.69) is 15.9 Å². The van der Waals surface area contributed by atoms with Crippen LogP contribution < -0.4 is 10.5 Å². The van der Waals surface area contributed by atoms with Crippen molar-refractivity contribution in [1.82, 2.24) is 0 Å². The van der Waals surface area contributed by atoms with E-state index in [4.69, 9.17) is 10.5 Å². The van der Waals surface area contributed by atoms with Crippen molar-refractivity contribution < 1.29 is 13.5 Å². The van der Waals surface area contributed by atoms with Crippen molar-refractivity contribution in [3.63, 3.8) is 0 Å². The summed E-state index contributed by atoms with van der Waals surface area (Å²) in [4.78, 5) is 0. The third kappa shape index (κ3) is 1.40. The molecule has 0 bridgehead atoms. The van der Waals surface area contributed by atoms with Crippen molar-refractivity contribution in [2.45, 2.75) is 12.5 Å². The molecule has 1 aliphatic rings. The Bertz CT molecular complexity index is 384. The molecule has 5 heteroatoms. The number of rotatable bonds is 0. The van der Waals surface area contributed by atoms with Crippen LogP contribution in [0.5, 0.6) is 5.75 Å². The van der Waals surface area contributed by atoms with E-state index >= 15 is 0 Å². The van der Waals surface area contributed by atoms with Crippen molar-refractivity contribution >= 4 is 15.9 Å². The molecule has 14 heavy (non-hydrogen) atoms. The fraction of sp³-hybridized carbons (Fsp3) is 0.333. The molecule has 1 heterocycles. The van der Waals surface area contributed by atoms with Gasteiger partial charge in [0.1, 0.15) is 0 Å². The van der Waals surface area contributed by atoms with Gasteiger partial charge in [-0.2, -0.15) is 4.39 Å². The normalized spacial score (nSPS) is 20.1. The lowest BCUT2D eigenvalue weighted by Crippen LogP contribution is -2.22. The van der Waals surface area contributed by atoms with Crippen molar-refractivity contribution in [2.24, 2.45) is 5.73 Å². The van der Waals surface area contributed by atoms with Gasteiger partial charge in [0.25, 0.3) is 0 Å². The molecule has 1 aromatic rings. The first kappa shape index (κ1) is 9.86. The van der Waals surface area contributed by atoms with E-state index in [-0.39, 0.29) is 11.8 Å². The number of nitrogens with two attached hydrogens (primary N) is 1. The fourth-order valence-electron chi connectivity index (χ4n) is 1.51. The third-order valence-corrected chi connectivity index (χ3v) is 2.87. The van der Waals surface area contributed by atoms with Gasteiger partial charge in [-0.1, -0.05) is 15.9 Å². The molecule has 2 rings (SSSR count). The van der Waals surface area contributed by atoms with Crippen LogP contribution in [0.3, 0.4) is 0 Å². The van der Waals surface area contributed by atoms with Gasteiger partial charge in [-0.3, -0.25) is 0 Å². The second kappa shape index (κ2) is 3.47. The van der Waals surface area contributed by atoms with E-state index < -0.39 is 11.6 Å². The van der Waals surface area contributed by atoms with Crippen LogP contribution in [0.15, 0.2) is 10.5 Å². The zero-order valence-corrected chi connectivity index (χ0v) is 8.77. The maximum absolute atomic E-state index is 13.3. The van der Waals surface area contributed by atoms with E-state index in [0.29, 0.717) is 23.1 Å². The van der Waals surface area contributed by atoms with Crippen LogP contribution in [0.25, 0.3) is 0 Å². The summed E-state index contributed by atoms with van der Waals surface area (Å²) >= 11 is 3.14. The zero-order valence-electron chi connectivity index (χ0n) is 7.19. The predicted octanol–water partition coefficient (Wildman–Crippen LogP) is 2.51. The fourth-order valence-corrected chi connectivity index (χ4v) is 2.18. The summed E-state index contributed by atoms with van der Waals surface area (Å²) in [6.07, 6.45) is 0.608. The Morgan fingerprint density at radius 1 is 1.50 bits per heavy atom. The van der Waals surface area contributed by atoms with Gasteiger partial charge in [0.2, 0.25) is 5.82 Å². The second-order valence-corrected chi connectivity index (χ2v) is 3.99. The van der Waals surface area contributed by atoms with E-state index in [1.165, 1.54) is 0 Å². The Morgan fingerprint density at radius 2 is 2.21 bits per heavy atom. The lowest BCUT2D eigenvalue weighted by molar-refractivity contribution is 0.250. The smallest absolute Gasteiger partial charge is 0.201 e. The molecule has 0 saturated carbocycles. The topological polar surface area (TPSA) is 35.2 Å². The molecule has 0 aliphatic carbocycles. The average Bonchev–Trinajstić information content (AvgIpc) is 2.14. The Hall–Kier alpha value is -0.680. The Balaban J connectivity index is 2.66. The van der Waals surface area contributed by atoms with Crippen molar-refractivity contribution in [2.75, 3.05) is 6.61 Å². The first-order valence-electron chi connectivity index (χ1n) is 4.17. The molecule has 76 valence electrons. The standard InChI is InChI=1S/C9H8BrF2NO/c10-4-3-5(11)8(12)9-7(4)6(13)1-2-14-9/h3,6H,1-2,13H2. The summed E-state index contributed by atoms with van der Waals surface area (Å²) in [5.41, 5.74) is 6.28. The third-order valence-electron chi connectivity index (χ3n) is 2.21. The minimum atomic E-state index is -0.960. The first-order valence-corrected chi connectivity index (χ1v) is 4.96. The van der Waals surface area contributed by atoms with E-state index in [0.717, 1.165) is 6.07 Å². The van der Waals surface area contributed by atoms with E-state index in [1.54, 1.807) is 0 Å². The van der Waals surface area contributed by atoms with Gasteiger partial charge in [0.15, 0.2) is 11.6 Å². The lowest BCUT2D eigenvalue weighted by Gasteiger charge is -2.24. The number of hydrogen-bond acceptors (Lipinski definition) is 2. The molecule has 1 aromatic carbocycles. The molecular weight excluding hydrogens is 256 g/mol. The average molecular weight is 264 g/mol. The highest BCUT2D eigenvalue weighted by atomic mass is 79.9. The monoisotopic (exact) mass is 263 g/mol. The van der Waals surface area contributed by atoms with Crippen LogP contribution in [0.4, 0.5) is 8.78 Å². The van der Waals surface area contributed by atoms with Gasteiger partial charge in [-0.05, 0) is 6.07 Å². The zero-order chi connectivity index (χ0) is 10.3. The lowest BCUT2D eigenvalue weighted by atomic mass is 10.0. The first-order chi connectivity index (χ1) is 6.61. The molecule has 0 aromatic heterocycles. The molecule has 1 aliphatic heterocycles. The molecule has 1 atom stereocenters. The van der Waals surface area contributed by atoms with Crippen LogP contribution >= 0.6 is 15.9 Å².